The van der Waals surface area contributed by atoms with Crippen LogP contribution < -0.4 is 15.8 Å². The van der Waals surface area contributed by atoms with Crippen molar-refractivity contribution in [1.82, 2.24) is 0 Å². The zero-order valence-electron chi connectivity index (χ0n) is 9.69. The highest BCUT2D eigenvalue weighted by molar-refractivity contribution is 5.73. The van der Waals surface area contributed by atoms with Gasteiger partial charge in [-0.1, -0.05) is 6.07 Å². The Hall–Kier alpha value is -1.42. The Morgan fingerprint density at radius 3 is 2.94 bits per heavy atom. The molecule has 2 rings (SSSR count). The van der Waals surface area contributed by atoms with Crippen LogP contribution >= 0.6 is 0 Å². The first-order valence-electron chi connectivity index (χ1n) is 5.53. The van der Waals surface area contributed by atoms with Crippen molar-refractivity contribution in [2.75, 3.05) is 24.8 Å². The molecule has 0 amide bonds. The highest BCUT2D eigenvalue weighted by atomic mass is 16.5. The average Bonchev–Trinajstić information content (AvgIpc) is 2.68. The van der Waals surface area contributed by atoms with Crippen molar-refractivity contribution in [2.45, 2.75) is 25.5 Å². The van der Waals surface area contributed by atoms with Gasteiger partial charge in [0.05, 0.1) is 30.6 Å². The summed E-state index contributed by atoms with van der Waals surface area (Å²) in [6.07, 6.45) is 1.24. The fraction of sp³-hybridized carbons (Fsp3) is 0.500. The lowest BCUT2D eigenvalue weighted by Gasteiger charge is -2.19. The number of methoxy groups -OCH3 is 1. The molecule has 1 aliphatic rings. The first-order chi connectivity index (χ1) is 7.72. The minimum Gasteiger partial charge on any atom is -0.495 e. The quantitative estimate of drug-likeness (QED) is 0.766. The molecule has 3 N–H and O–H groups in total. The fourth-order valence-corrected chi connectivity index (χ4v) is 1.97. The van der Waals surface area contributed by atoms with Crippen LogP contribution in [0.5, 0.6) is 5.75 Å². The molecule has 1 aromatic rings. The normalized spacial score (nSPS) is 24.4. The van der Waals surface area contributed by atoms with E-state index < -0.39 is 0 Å². The largest absolute Gasteiger partial charge is 0.495 e. The number of nitrogens with one attached hydrogen (secondary N) is 1. The predicted octanol–water partition coefficient (Wildman–Crippen LogP) is 1.87. The van der Waals surface area contributed by atoms with Gasteiger partial charge in [-0.25, -0.2) is 0 Å². The van der Waals surface area contributed by atoms with Gasteiger partial charge in [0.15, 0.2) is 0 Å². The molecule has 16 heavy (non-hydrogen) atoms. The molecule has 0 saturated carbocycles. The Morgan fingerprint density at radius 1 is 1.50 bits per heavy atom. The molecule has 0 aromatic heterocycles. The van der Waals surface area contributed by atoms with E-state index in [0.717, 1.165) is 18.7 Å². The maximum absolute atomic E-state index is 5.99. The van der Waals surface area contributed by atoms with E-state index >= 15 is 0 Å². The van der Waals surface area contributed by atoms with Crippen molar-refractivity contribution in [3.63, 3.8) is 0 Å². The molecule has 1 fully saturated rings. The molecule has 0 radical (unpaired) electrons. The maximum atomic E-state index is 5.99. The first-order valence-corrected chi connectivity index (χ1v) is 5.53. The summed E-state index contributed by atoms with van der Waals surface area (Å²) in [4.78, 5) is 0. The van der Waals surface area contributed by atoms with Gasteiger partial charge in [0.1, 0.15) is 5.75 Å². The summed E-state index contributed by atoms with van der Waals surface area (Å²) in [7, 11) is 1.62. The molecule has 2 unspecified atom stereocenters. The van der Waals surface area contributed by atoms with E-state index in [4.69, 9.17) is 15.2 Å². The Bertz CT molecular complexity index is 368. The second-order valence-electron chi connectivity index (χ2n) is 4.04. The number of rotatable bonds is 3. The summed E-state index contributed by atoms with van der Waals surface area (Å²) in [5.41, 5.74) is 7.56. The fourth-order valence-electron chi connectivity index (χ4n) is 1.97. The second-order valence-corrected chi connectivity index (χ2v) is 4.04. The third-order valence-corrected chi connectivity index (χ3v) is 3.00. The van der Waals surface area contributed by atoms with Crippen LogP contribution in [0.4, 0.5) is 11.4 Å². The van der Waals surface area contributed by atoms with Gasteiger partial charge in [-0.05, 0) is 25.5 Å². The molecular formula is C12H18N2O2. The molecule has 1 aliphatic heterocycles. The van der Waals surface area contributed by atoms with Crippen molar-refractivity contribution in [1.29, 1.82) is 0 Å². The average molecular weight is 222 g/mol. The van der Waals surface area contributed by atoms with Crippen LogP contribution in [0, 0.1) is 0 Å². The minimum absolute atomic E-state index is 0.227. The van der Waals surface area contributed by atoms with Gasteiger partial charge in [-0.2, -0.15) is 0 Å². The van der Waals surface area contributed by atoms with Gasteiger partial charge < -0.3 is 20.5 Å². The number of benzene rings is 1. The van der Waals surface area contributed by atoms with Crippen molar-refractivity contribution < 1.29 is 9.47 Å². The van der Waals surface area contributed by atoms with Crippen LogP contribution in [0.1, 0.15) is 13.3 Å². The molecule has 4 heteroatoms. The number of nitrogens with two attached hydrogens (primary N) is 1. The summed E-state index contributed by atoms with van der Waals surface area (Å²) in [5, 5.41) is 3.40. The van der Waals surface area contributed by atoms with Crippen molar-refractivity contribution >= 4 is 11.4 Å². The van der Waals surface area contributed by atoms with Crippen LogP contribution in [0.3, 0.4) is 0 Å². The zero-order valence-corrected chi connectivity index (χ0v) is 9.69. The van der Waals surface area contributed by atoms with Crippen LogP contribution in [-0.4, -0.2) is 25.9 Å². The number of hydrogen-bond acceptors (Lipinski definition) is 4. The minimum atomic E-state index is 0.227. The Balaban J connectivity index is 2.14. The number of nitrogen functional groups attached to an aromatic ring is 1. The van der Waals surface area contributed by atoms with Gasteiger partial charge in [0.25, 0.3) is 0 Å². The Labute approximate surface area is 95.7 Å². The van der Waals surface area contributed by atoms with Crippen LogP contribution in [0.25, 0.3) is 0 Å². The summed E-state index contributed by atoms with van der Waals surface area (Å²) in [6.45, 7) is 2.88. The lowest BCUT2D eigenvalue weighted by Crippen LogP contribution is -2.27. The third kappa shape index (κ3) is 2.07. The molecule has 0 spiro atoms. The maximum Gasteiger partial charge on any atom is 0.143 e. The number of ether oxygens (including phenoxy) is 2. The molecule has 1 aromatic carbocycles. The smallest absolute Gasteiger partial charge is 0.143 e. The van der Waals surface area contributed by atoms with E-state index in [1.54, 1.807) is 7.11 Å². The van der Waals surface area contributed by atoms with E-state index in [0.29, 0.717) is 17.5 Å². The molecule has 2 atom stereocenters. The Morgan fingerprint density at radius 2 is 2.31 bits per heavy atom. The molecule has 0 bridgehead atoms. The second kappa shape index (κ2) is 4.61. The van der Waals surface area contributed by atoms with Gasteiger partial charge in [0.2, 0.25) is 0 Å². The number of para-hydroxylation sites is 1. The SMILES string of the molecule is COc1cccc(NC2CCOC2C)c1N. The highest BCUT2D eigenvalue weighted by Crippen LogP contribution is 2.30. The predicted molar refractivity (Wildman–Crippen MR) is 64.8 cm³/mol. The highest BCUT2D eigenvalue weighted by Gasteiger charge is 2.24. The van der Waals surface area contributed by atoms with Gasteiger partial charge in [-0.3, -0.25) is 0 Å². The first kappa shape index (κ1) is 11.1. The monoisotopic (exact) mass is 222 g/mol. The number of hydrogen-bond donors (Lipinski definition) is 2. The lowest BCUT2D eigenvalue weighted by molar-refractivity contribution is 0.121. The lowest BCUT2D eigenvalue weighted by atomic mass is 10.1. The topological polar surface area (TPSA) is 56.5 Å². The van der Waals surface area contributed by atoms with Gasteiger partial charge >= 0.3 is 0 Å². The summed E-state index contributed by atoms with van der Waals surface area (Å²) in [5.74, 6) is 0.705. The van der Waals surface area contributed by atoms with Crippen molar-refractivity contribution in [3.8, 4) is 5.75 Å². The standard InChI is InChI=1S/C12H18N2O2/c1-8-9(6-7-16-8)14-10-4-3-5-11(15-2)12(10)13/h3-5,8-9,14H,6-7,13H2,1-2H3. The molecule has 88 valence electrons. The van der Waals surface area contributed by atoms with E-state index in [2.05, 4.69) is 12.2 Å². The molecule has 1 saturated heterocycles. The van der Waals surface area contributed by atoms with Gasteiger partial charge in [0, 0.05) is 6.61 Å². The van der Waals surface area contributed by atoms with E-state index in [1.807, 2.05) is 18.2 Å². The van der Waals surface area contributed by atoms with Crippen LogP contribution in [0.15, 0.2) is 18.2 Å². The summed E-state index contributed by atoms with van der Waals surface area (Å²) >= 11 is 0. The third-order valence-electron chi connectivity index (χ3n) is 3.00. The van der Waals surface area contributed by atoms with E-state index in [-0.39, 0.29) is 6.10 Å². The summed E-state index contributed by atoms with van der Waals surface area (Å²) < 4.78 is 10.7. The molecule has 4 nitrogen and oxygen atoms in total. The van der Waals surface area contributed by atoms with Crippen molar-refractivity contribution in [3.05, 3.63) is 18.2 Å². The molecule has 1 heterocycles. The van der Waals surface area contributed by atoms with E-state index in [1.165, 1.54) is 0 Å². The van der Waals surface area contributed by atoms with E-state index in [9.17, 15) is 0 Å². The molecular weight excluding hydrogens is 204 g/mol. The number of anilines is 2. The van der Waals surface area contributed by atoms with Crippen LogP contribution in [-0.2, 0) is 4.74 Å². The Kier molecular flexibility index (Phi) is 3.19. The zero-order chi connectivity index (χ0) is 11.5. The van der Waals surface area contributed by atoms with Crippen LogP contribution in [0.2, 0.25) is 0 Å². The van der Waals surface area contributed by atoms with Crippen molar-refractivity contribution in [2.24, 2.45) is 0 Å². The van der Waals surface area contributed by atoms with Gasteiger partial charge in [-0.15, -0.1) is 0 Å². The summed E-state index contributed by atoms with van der Waals surface area (Å²) in [6, 6.07) is 6.07. The molecule has 0 aliphatic carbocycles.